The van der Waals surface area contributed by atoms with Crippen molar-refractivity contribution in [1.82, 2.24) is 0 Å². The fourth-order valence-corrected chi connectivity index (χ4v) is 11.8. The minimum Gasteiger partial charge on any atom is -0.497 e. The van der Waals surface area contributed by atoms with E-state index in [1.807, 2.05) is 50.5 Å². The number of hydrogen-bond acceptors (Lipinski definition) is 6. The van der Waals surface area contributed by atoms with Gasteiger partial charge in [-0.2, -0.15) is 0 Å². The summed E-state index contributed by atoms with van der Waals surface area (Å²) in [4.78, 5) is 13.5. The summed E-state index contributed by atoms with van der Waals surface area (Å²) >= 11 is 0. The highest BCUT2D eigenvalue weighted by atomic mass is 28.4. The molecule has 0 spiro atoms. The predicted octanol–water partition coefficient (Wildman–Crippen LogP) is 10.8. The summed E-state index contributed by atoms with van der Waals surface area (Å²) < 4.78 is 31.2. The summed E-state index contributed by atoms with van der Waals surface area (Å²) in [6.45, 7) is 14.6. The second-order valence-corrected chi connectivity index (χ2v) is 20.6. The molecular formula is C49H66O6Si. The van der Waals surface area contributed by atoms with Crippen LogP contribution in [0.3, 0.4) is 0 Å². The molecule has 1 aliphatic heterocycles. The Balaban J connectivity index is 1.47. The number of methoxy groups -OCH3 is 1. The zero-order valence-electron chi connectivity index (χ0n) is 35.1. The molecule has 0 aliphatic carbocycles. The molecule has 1 aliphatic rings. The molecule has 0 atom stereocenters. The van der Waals surface area contributed by atoms with Crippen molar-refractivity contribution in [3.05, 3.63) is 139 Å². The number of carbonyl (C=O) groups excluding carboxylic acids is 1. The van der Waals surface area contributed by atoms with E-state index in [0.29, 0.717) is 45.7 Å². The Labute approximate surface area is 338 Å². The molecule has 0 unspecified atom stereocenters. The van der Waals surface area contributed by atoms with Crippen LogP contribution in [0.4, 0.5) is 0 Å². The molecule has 0 bridgehead atoms. The summed E-state index contributed by atoms with van der Waals surface area (Å²) in [6.07, 6.45) is 21.4. The summed E-state index contributed by atoms with van der Waals surface area (Å²) in [5.74, 6) is 0.176. The predicted molar refractivity (Wildman–Crippen MR) is 233 cm³/mol. The van der Waals surface area contributed by atoms with Gasteiger partial charge in [-0.1, -0.05) is 130 Å². The van der Waals surface area contributed by atoms with Crippen molar-refractivity contribution in [1.29, 1.82) is 0 Å². The number of ketones is 1. The average molecular weight is 779 g/mol. The van der Waals surface area contributed by atoms with Gasteiger partial charge in [0, 0.05) is 18.4 Å². The van der Waals surface area contributed by atoms with Gasteiger partial charge in [-0.3, -0.25) is 4.79 Å². The van der Waals surface area contributed by atoms with Crippen LogP contribution in [0.25, 0.3) is 0 Å². The molecule has 0 amide bonds. The Morgan fingerprint density at radius 2 is 1.38 bits per heavy atom. The second kappa shape index (κ2) is 22.1. The quantitative estimate of drug-likeness (QED) is 0.0253. The van der Waals surface area contributed by atoms with E-state index in [0.717, 1.165) is 36.1 Å². The van der Waals surface area contributed by atoms with Crippen molar-refractivity contribution in [2.24, 2.45) is 5.41 Å². The third-order valence-corrected chi connectivity index (χ3v) is 15.6. The van der Waals surface area contributed by atoms with Gasteiger partial charge >= 0.3 is 0 Å². The Morgan fingerprint density at radius 1 is 0.786 bits per heavy atom. The van der Waals surface area contributed by atoms with E-state index in [1.54, 1.807) is 13.2 Å². The Morgan fingerprint density at radius 3 is 1.95 bits per heavy atom. The molecular weight excluding hydrogens is 713 g/mol. The number of benzene rings is 3. The van der Waals surface area contributed by atoms with Crippen LogP contribution in [0.15, 0.2) is 133 Å². The molecule has 302 valence electrons. The molecule has 0 radical (unpaired) electrons. The molecule has 3 aromatic rings. The number of unbranched alkanes of at least 4 members (excludes halogenated alkanes) is 4. The smallest absolute Gasteiger partial charge is 0.261 e. The maximum atomic E-state index is 13.5. The van der Waals surface area contributed by atoms with Crippen LogP contribution in [0, 0.1) is 5.41 Å². The van der Waals surface area contributed by atoms with Gasteiger partial charge in [-0.15, -0.1) is 0 Å². The third-order valence-electron chi connectivity index (χ3n) is 10.6. The highest BCUT2D eigenvalue weighted by Crippen LogP contribution is 2.41. The van der Waals surface area contributed by atoms with Gasteiger partial charge in [0.2, 0.25) is 0 Å². The lowest BCUT2D eigenvalue weighted by atomic mass is 9.76. The maximum Gasteiger partial charge on any atom is 0.261 e. The molecule has 56 heavy (non-hydrogen) atoms. The zero-order chi connectivity index (χ0) is 40.3. The minimum atomic E-state index is -2.64. The zero-order valence-corrected chi connectivity index (χ0v) is 36.1. The first-order valence-corrected chi connectivity index (χ1v) is 22.3. The normalized spacial score (nSPS) is 16.2. The van der Waals surface area contributed by atoms with E-state index >= 15 is 0 Å². The molecule has 7 heteroatoms. The highest BCUT2D eigenvalue weighted by Gasteiger charge is 2.50. The van der Waals surface area contributed by atoms with Crippen molar-refractivity contribution >= 4 is 24.5 Å². The number of hydrogen-bond donors (Lipinski definition) is 0. The summed E-state index contributed by atoms with van der Waals surface area (Å²) in [5.41, 5.74) is 1.47. The van der Waals surface area contributed by atoms with Crippen molar-refractivity contribution in [2.75, 3.05) is 26.9 Å². The standard InChI is InChI=1S/C49H66O6Si/c1-8-9-10-11-12-13-14-17-24-42(38-52-37-41-30-32-44(51-7)33-31-41)49(39-53-48(5,6)54-40-49)35-34-43(50)25-22-23-36-55-56(47(2,3)4,45-26-18-15-19-27-45)46-28-20-16-21-29-46/h8-9,15-22,24-33,38H,10-14,23,34-37,39-40H2,1-7H3/b9-8+,24-17+,25-22+,42-38-. The maximum absolute atomic E-state index is 13.5. The fourth-order valence-electron chi connectivity index (χ4n) is 7.23. The van der Waals surface area contributed by atoms with Gasteiger partial charge < -0.3 is 23.4 Å². The van der Waals surface area contributed by atoms with Crippen molar-refractivity contribution in [2.45, 2.75) is 110 Å². The van der Waals surface area contributed by atoms with Crippen molar-refractivity contribution in [3.8, 4) is 5.75 Å². The van der Waals surface area contributed by atoms with E-state index in [2.05, 4.69) is 113 Å². The molecule has 0 aromatic heterocycles. The highest BCUT2D eigenvalue weighted by molar-refractivity contribution is 6.99. The number of allylic oxidation sites excluding steroid dienone is 5. The Kier molecular flexibility index (Phi) is 17.6. The van der Waals surface area contributed by atoms with Gasteiger partial charge in [-0.25, -0.2) is 0 Å². The summed E-state index contributed by atoms with van der Waals surface area (Å²) in [6, 6.07) is 29.2. The van der Waals surface area contributed by atoms with Crippen LogP contribution in [0.5, 0.6) is 5.75 Å². The van der Waals surface area contributed by atoms with Gasteiger partial charge in [0.05, 0.1) is 26.6 Å². The van der Waals surface area contributed by atoms with E-state index in [1.165, 1.54) is 23.2 Å². The van der Waals surface area contributed by atoms with Gasteiger partial charge in [0.1, 0.15) is 12.4 Å². The molecule has 0 N–H and O–H groups in total. The summed E-state index contributed by atoms with van der Waals surface area (Å²) in [7, 11) is -0.977. The van der Waals surface area contributed by atoms with Crippen molar-refractivity contribution in [3.63, 3.8) is 0 Å². The molecule has 1 saturated heterocycles. The third kappa shape index (κ3) is 13.0. The van der Waals surface area contributed by atoms with Crippen LogP contribution < -0.4 is 15.1 Å². The Bertz CT molecular complexity index is 1670. The van der Waals surface area contributed by atoms with Crippen molar-refractivity contribution < 1.29 is 28.2 Å². The van der Waals surface area contributed by atoms with Crippen LogP contribution in [0.2, 0.25) is 5.04 Å². The molecule has 3 aromatic carbocycles. The van der Waals surface area contributed by atoms with Crippen LogP contribution in [-0.2, 0) is 30.0 Å². The first-order chi connectivity index (χ1) is 26.9. The average Bonchev–Trinajstić information content (AvgIpc) is 3.20. The Hall–Kier alpha value is -4.01. The van der Waals surface area contributed by atoms with E-state index in [4.69, 9.17) is 23.4 Å². The van der Waals surface area contributed by atoms with Gasteiger partial charge in [0.15, 0.2) is 11.6 Å². The van der Waals surface area contributed by atoms with Crippen LogP contribution in [-0.4, -0.2) is 46.8 Å². The van der Waals surface area contributed by atoms with E-state index < -0.39 is 19.5 Å². The number of rotatable bonds is 22. The minimum absolute atomic E-state index is 0.0725. The molecule has 1 fully saturated rings. The first-order valence-electron chi connectivity index (χ1n) is 20.4. The lowest BCUT2D eigenvalue weighted by Crippen LogP contribution is -2.66. The molecule has 1 heterocycles. The fraction of sp³-hybridized carbons (Fsp3) is 0.449. The van der Waals surface area contributed by atoms with E-state index in [-0.39, 0.29) is 10.8 Å². The topological polar surface area (TPSA) is 63.2 Å². The van der Waals surface area contributed by atoms with Crippen LogP contribution >= 0.6 is 0 Å². The lowest BCUT2D eigenvalue weighted by molar-refractivity contribution is -0.279. The molecule has 4 rings (SSSR count). The summed E-state index contributed by atoms with van der Waals surface area (Å²) in [5, 5.41) is 2.39. The van der Waals surface area contributed by atoms with E-state index in [9.17, 15) is 4.79 Å². The largest absolute Gasteiger partial charge is 0.497 e. The van der Waals surface area contributed by atoms with Crippen LogP contribution in [0.1, 0.15) is 98.5 Å². The van der Waals surface area contributed by atoms with Gasteiger partial charge in [-0.05, 0) is 104 Å². The monoisotopic (exact) mass is 778 g/mol. The lowest BCUT2D eigenvalue weighted by Gasteiger charge is -2.44. The van der Waals surface area contributed by atoms with Gasteiger partial charge in [0.25, 0.3) is 8.32 Å². The molecule has 6 nitrogen and oxygen atoms in total. The SMILES string of the molecule is C/C=C/CCCCC/C=C/C(=C/OCc1ccc(OC)cc1)C1(CCC(=O)/C=C/CCO[Si](c2ccccc2)(c2ccccc2)C(C)(C)C)COC(C)(C)OC1. The molecule has 0 saturated carbocycles. The number of ether oxygens (including phenoxy) is 4. The number of carbonyl (C=O) groups is 1. The second-order valence-electron chi connectivity index (χ2n) is 16.3. The first kappa shape index (κ1) is 44.7.